The summed E-state index contributed by atoms with van der Waals surface area (Å²) in [7, 11) is 0. The fourth-order valence-corrected chi connectivity index (χ4v) is 2.20. The van der Waals surface area contributed by atoms with Gasteiger partial charge in [0.15, 0.2) is 11.6 Å². The molecule has 2 aromatic rings. The number of nitrogens with two attached hydrogens (primary N) is 1. The summed E-state index contributed by atoms with van der Waals surface area (Å²) in [4.78, 5) is 4.23. The molecule has 2 rings (SSSR count). The molecule has 0 radical (unpaired) electrons. The predicted octanol–water partition coefficient (Wildman–Crippen LogP) is 4.54. The largest absolute Gasteiger partial charge is 0.339 e. The van der Waals surface area contributed by atoms with Gasteiger partial charge < -0.3 is 10.7 Å². The molecule has 4 nitrogen and oxygen atoms in total. The van der Waals surface area contributed by atoms with Crippen LogP contribution in [-0.4, -0.2) is 4.98 Å². The van der Waals surface area contributed by atoms with Gasteiger partial charge in [-0.05, 0) is 29.7 Å². The molecule has 0 saturated heterocycles. The van der Waals surface area contributed by atoms with Gasteiger partial charge in [0, 0.05) is 5.69 Å². The molecule has 0 atom stereocenters. The molecule has 20 heavy (non-hydrogen) atoms. The van der Waals surface area contributed by atoms with Crippen molar-refractivity contribution in [1.82, 2.24) is 4.98 Å². The summed E-state index contributed by atoms with van der Waals surface area (Å²) in [5.74, 6) is 6.72. The Bertz CT molecular complexity index is 597. The molecule has 106 valence electrons. The molecule has 0 aliphatic heterocycles. The molecule has 1 aromatic heterocycles. The normalized spacial score (nSPS) is 10.7. The van der Waals surface area contributed by atoms with Crippen molar-refractivity contribution in [2.75, 3.05) is 10.7 Å². The Kier molecular flexibility index (Phi) is 4.70. The van der Waals surface area contributed by atoms with Crippen LogP contribution < -0.4 is 16.6 Å². The molecule has 0 unspecified atom stereocenters. The van der Waals surface area contributed by atoms with Crippen LogP contribution in [0.15, 0.2) is 30.3 Å². The monoisotopic (exact) mass is 310 g/mol. The number of hydrogen-bond donors (Lipinski definition) is 3. The number of halogens is 2. The summed E-state index contributed by atoms with van der Waals surface area (Å²) < 4.78 is 0. The van der Waals surface area contributed by atoms with Crippen molar-refractivity contribution in [3.05, 3.63) is 45.9 Å². The number of anilines is 3. The Balaban J connectivity index is 2.25. The summed E-state index contributed by atoms with van der Waals surface area (Å²) in [5.41, 5.74) is 4.60. The Hall–Kier alpha value is -1.49. The number of hydrazine groups is 1. The van der Waals surface area contributed by atoms with Crippen LogP contribution in [0, 0.1) is 0 Å². The van der Waals surface area contributed by atoms with Crippen LogP contribution in [0.5, 0.6) is 0 Å². The number of hydrogen-bond acceptors (Lipinski definition) is 4. The summed E-state index contributed by atoms with van der Waals surface area (Å²) in [5, 5.41) is 3.95. The predicted molar refractivity (Wildman–Crippen MR) is 85.9 cm³/mol. The van der Waals surface area contributed by atoms with Crippen LogP contribution in [0.4, 0.5) is 17.3 Å². The number of pyridine rings is 1. The van der Waals surface area contributed by atoms with Gasteiger partial charge in [-0.2, -0.15) is 0 Å². The molecule has 1 aromatic carbocycles. The van der Waals surface area contributed by atoms with Gasteiger partial charge in [-0.15, -0.1) is 0 Å². The van der Waals surface area contributed by atoms with E-state index in [9.17, 15) is 0 Å². The Morgan fingerprint density at radius 2 is 1.65 bits per heavy atom. The SMILES string of the molecule is CC(C)c1ccc(Nc2nc(NN)c(Cl)cc2Cl)cc1. The van der Waals surface area contributed by atoms with Crippen LogP contribution in [-0.2, 0) is 0 Å². The lowest BCUT2D eigenvalue weighted by atomic mass is 10.0. The Labute approximate surface area is 128 Å². The van der Waals surface area contributed by atoms with Gasteiger partial charge in [-0.1, -0.05) is 49.2 Å². The van der Waals surface area contributed by atoms with E-state index in [-0.39, 0.29) is 0 Å². The maximum Gasteiger partial charge on any atom is 0.161 e. The minimum atomic E-state index is 0.373. The first-order valence-corrected chi connectivity index (χ1v) is 6.96. The molecule has 0 aliphatic carbocycles. The zero-order valence-corrected chi connectivity index (χ0v) is 12.8. The number of aromatic nitrogens is 1. The minimum Gasteiger partial charge on any atom is -0.339 e. The van der Waals surface area contributed by atoms with E-state index in [0.29, 0.717) is 27.6 Å². The van der Waals surface area contributed by atoms with Crippen LogP contribution in [0.1, 0.15) is 25.3 Å². The average Bonchev–Trinajstić information content (AvgIpc) is 2.42. The molecular formula is C14H16Cl2N4. The summed E-state index contributed by atoms with van der Waals surface area (Å²) in [6, 6.07) is 9.70. The second-order valence-electron chi connectivity index (χ2n) is 4.70. The fourth-order valence-electron chi connectivity index (χ4n) is 1.74. The maximum absolute atomic E-state index is 6.11. The van der Waals surface area contributed by atoms with Crippen molar-refractivity contribution < 1.29 is 0 Å². The number of nitrogen functional groups attached to an aromatic ring is 1. The zero-order chi connectivity index (χ0) is 14.7. The quantitative estimate of drug-likeness (QED) is 0.573. The second kappa shape index (κ2) is 6.31. The van der Waals surface area contributed by atoms with Crippen molar-refractivity contribution in [2.45, 2.75) is 19.8 Å². The molecule has 0 bridgehead atoms. The van der Waals surface area contributed by atoms with Gasteiger partial charge in [0.2, 0.25) is 0 Å². The van der Waals surface area contributed by atoms with Crippen molar-refractivity contribution in [3.63, 3.8) is 0 Å². The number of benzene rings is 1. The van der Waals surface area contributed by atoms with Gasteiger partial charge >= 0.3 is 0 Å². The highest BCUT2D eigenvalue weighted by Gasteiger charge is 2.09. The summed E-state index contributed by atoms with van der Waals surface area (Å²) >= 11 is 12.1. The zero-order valence-electron chi connectivity index (χ0n) is 11.2. The Morgan fingerprint density at radius 1 is 1.05 bits per heavy atom. The van der Waals surface area contributed by atoms with E-state index in [2.05, 4.69) is 41.7 Å². The molecular weight excluding hydrogens is 295 g/mol. The molecule has 0 fully saturated rings. The van der Waals surface area contributed by atoms with Crippen molar-refractivity contribution in [3.8, 4) is 0 Å². The third kappa shape index (κ3) is 3.33. The lowest BCUT2D eigenvalue weighted by Gasteiger charge is -2.12. The van der Waals surface area contributed by atoms with Gasteiger partial charge in [0.25, 0.3) is 0 Å². The van der Waals surface area contributed by atoms with Gasteiger partial charge in [-0.3, -0.25) is 0 Å². The number of rotatable bonds is 4. The van der Waals surface area contributed by atoms with Gasteiger partial charge in [0.1, 0.15) is 0 Å². The van der Waals surface area contributed by atoms with Crippen molar-refractivity contribution in [2.24, 2.45) is 5.84 Å². The second-order valence-corrected chi connectivity index (χ2v) is 5.51. The van der Waals surface area contributed by atoms with E-state index in [1.165, 1.54) is 5.56 Å². The molecule has 0 amide bonds. The maximum atomic E-state index is 6.11. The van der Waals surface area contributed by atoms with Gasteiger partial charge in [0.05, 0.1) is 10.0 Å². The highest BCUT2D eigenvalue weighted by molar-refractivity contribution is 6.37. The first-order valence-electron chi connectivity index (χ1n) is 6.21. The Morgan fingerprint density at radius 3 is 2.20 bits per heavy atom. The van der Waals surface area contributed by atoms with E-state index < -0.39 is 0 Å². The van der Waals surface area contributed by atoms with E-state index in [1.807, 2.05) is 12.1 Å². The van der Waals surface area contributed by atoms with Crippen LogP contribution in [0.25, 0.3) is 0 Å². The lowest BCUT2D eigenvalue weighted by molar-refractivity contribution is 0.867. The molecule has 6 heteroatoms. The summed E-state index contributed by atoms with van der Waals surface area (Å²) in [6.45, 7) is 4.30. The lowest BCUT2D eigenvalue weighted by Crippen LogP contribution is -2.10. The first kappa shape index (κ1) is 14.9. The van der Waals surface area contributed by atoms with Crippen molar-refractivity contribution in [1.29, 1.82) is 0 Å². The average molecular weight is 311 g/mol. The van der Waals surface area contributed by atoms with Crippen LogP contribution in [0.2, 0.25) is 10.0 Å². The van der Waals surface area contributed by atoms with E-state index in [4.69, 9.17) is 29.0 Å². The molecule has 0 spiro atoms. The highest BCUT2D eigenvalue weighted by atomic mass is 35.5. The van der Waals surface area contributed by atoms with E-state index in [0.717, 1.165) is 5.69 Å². The number of nitrogens with one attached hydrogen (secondary N) is 2. The summed E-state index contributed by atoms with van der Waals surface area (Å²) in [6.07, 6.45) is 0. The number of nitrogens with zero attached hydrogens (tertiary/aromatic N) is 1. The van der Waals surface area contributed by atoms with Crippen LogP contribution in [0.3, 0.4) is 0 Å². The standard InChI is InChI=1S/C14H16Cl2N4/c1-8(2)9-3-5-10(6-4-9)18-13-11(15)7-12(16)14(19-13)20-17/h3-8H,17H2,1-2H3,(H2,18,19,20). The highest BCUT2D eigenvalue weighted by Crippen LogP contribution is 2.30. The first-order chi connectivity index (χ1) is 9.51. The molecule has 4 N–H and O–H groups in total. The molecule has 0 aliphatic rings. The smallest absolute Gasteiger partial charge is 0.161 e. The van der Waals surface area contributed by atoms with Crippen LogP contribution >= 0.6 is 23.2 Å². The topological polar surface area (TPSA) is 63.0 Å². The van der Waals surface area contributed by atoms with E-state index in [1.54, 1.807) is 6.07 Å². The third-order valence-electron chi connectivity index (χ3n) is 2.91. The minimum absolute atomic E-state index is 0.373. The molecule has 0 saturated carbocycles. The molecule has 1 heterocycles. The van der Waals surface area contributed by atoms with Gasteiger partial charge in [-0.25, -0.2) is 10.8 Å². The van der Waals surface area contributed by atoms with Crippen molar-refractivity contribution >= 4 is 40.5 Å². The third-order valence-corrected chi connectivity index (χ3v) is 3.48. The fraction of sp³-hybridized carbons (Fsp3) is 0.214. The van der Waals surface area contributed by atoms with E-state index >= 15 is 0 Å².